The molecule has 116 valence electrons. The van der Waals surface area contributed by atoms with Crippen molar-refractivity contribution >= 4 is 29.0 Å². The van der Waals surface area contributed by atoms with Crippen LogP contribution in [0.25, 0.3) is 22.4 Å². The topological polar surface area (TPSA) is 41.9 Å². The highest BCUT2D eigenvalue weighted by atomic mass is 32.2. The van der Waals surface area contributed by atoms with Crippen LogP contribution in [-0.4, -0.2) is 39.5 Å². The minimum Gasteiger partial charge on any atom is -0.339 e. The zero-order chi connectivity index (χ0) is 15.5. The molecule has 4 nitrogen and oxygen atoms in total. The molecule has 0 aromatic carbocycles. The van der Waals surface area contributed by atoms with Gasteiger partial charge in [0.2, 0.25) is 5.95 Å². The summed E-state index contributed by atoms with van der Waals surface area (Å²) in [6, 6.07) is 6.12. The van der Waals surface area contributed by atoms with Gasteiger partial charge in [0.25, 0.3) is 0 Å². The van der Waals surface area contributed by atoms with Gasteiger partial charge in [-0.1, -0.05) is 0 Å². The Morgan fingerprint density at radius 3 is 2.70 bits per heavy atom. The van der Waals surface area contributed by atoms with Gasteiger partial charge in [-0.2, -0.15) is 23.1 Å². The van der Waals surface area contributed by atoms with Crippen LogP contribution in [0.2, 0.25) is 0 Å². The van der Waals surface area contributed by atoms with E-state index in [1.54, 1.807) is 17.5 Å². The minimum atomic E-state index is 0.822. The van der Waals surface area contributed by atoms with Gasteiger partial charge in [0, 0.05) is 54.3 Å². The molecule has 1 fully saturated rings. The van der Waals surface area contributed by atoms with Gasteiger partial charge in [0.1, 0.15) is 0 Å². The SMILES string of the molecule is c1cncc(-c2nc(N3CCSCC3)ncc2-c2ccsc2)c1. The second kappa shape index (κ2) is 6.68. The Morgan fingerprint density at radius 2 is 1.96 bits per heavy atom. The van der Waals surface area contributed by atoms with Crippen molar-refractivity contribution in [2.24, 2.45) is 0 Å². The Bertz CT molecular complexity index is 769. The van der Waals surface area contributed by atoms with Gasteiger partial charge in [-0.3, -0.25) is 4.98 Å². The van der Waals surface area contributed by atoms with Crippen molar-refractivity contribution in [1.82, 2.24) is 15.0 Å². The van der Waals surface area contributed by atoms with E-state index in [0.29, 0.717) is 0 Å². The Morgan fingerprint density at radius 1 is 1.04 bits per heavy atom. The van der Waals surface area contributed by atoms with Crippen molar-refractivity contribution in [2.75, 3.05) is 29.5 Å². The number of hydrogen-bond donors (Lipinski definition) is 0. The fourth-order valence-electron chi connectivity index (χ4n) is 2.64. The van der Waals surface area contributed by atoms with E-state index in [9.17, 15) is 0 Å². The van der Waals surface area contributed by atoms with Crippen LogP contribution in [0.3, 0.4) is 0 Å². The summed E-state index contributed by atoms with van der Waals surface area (Å²) < 4.78 is 0. The highest BCUT2D eigenvalue weighted by molar-refractivity contribution is 7.99. The van der Waals surface area contributed by atoms with Crippen LogP contribution in [0.5, 0.6) is 0 Å². The molecular formula is C17H16N4S2. The predicted octanol–water partition coefficient (Wildman–Crippen LogP) is 3.82. The summed E-state index contributed by atoms with van der Waals surface area (Å²) in [5.41, 5.74) is 4.22. The summed E-state index contributed by atoms with van der Waals surface area (Å²) in [4.78, 5) is 16.0. The molecule has 0 spiro atoms. The second-order valence-electron chi connectivity index (χ2n) is 5.29. The van der Waals surface area contributed by atoms with Crippen molar-refractivity contribution in [3.05, 3.63) is 47.5 Å². The van der Waals surface area contributed by atoms with Crippen LogP contribution in [0.1, 0.15) is 0 Å². The van der Waals surface area contributed by atoms with Crippen molar-refractivity contribution in [3.8, 4) is 22.4 Å². The van der Waals surface area contributed by atoms with Gasteiger partial charge in [-0.25, -0.2) is 9.97 Å². The molecular weight excluding hydrogens is 324 g/mol. The summed E-state index contributed by atoms with van der Waals surface area (Å²) in [6.45, 7) is 2.02. The lowest BCUT2D eigenvalue weighted by molar-refractivity contribution is 0.817. The number of hydrogen-bond acceptors (Lipinski definition) is 6. The van der Waals surface area contributed by atoms with Gasteiger partial charge >= 0.3 is 0 Å². The maximum absolute atomic E-state index is 4.89. The van der Waals surface area contributed by atoms with Crippen molar-refractivity contribution in [3.63, 3.8) is 0 Å². The predicted molar refractivity (Wildman–Crippen MR) is 98.1 cm³/mol. The lowest BCUT2D eigenvalue weighted by Gasteiger charge is -2.26. The van der Waals surface area contributed by atoms with Crippen LogP contribution in [-0.2, 0) is 0 Å². The zero-order valence-electron chi connectivity index (χ0n) is 12.6. The number of aromatic nitrogens is 3. The minimum absolute atomic E-state index is 0.822. The molecule has 3 aromatic rings. The Hall–Kier alpha value is -1.92. The zero-order valence-corrected chi connectivity index (χ0v) is 14.2. The fraction of sp³-hybridized carbons (Fsp3) is 0.235. The smallest absolute Gasteiger partial charge is 0.225 e. The van der Waals surface area contributed by atoms with E-state index >= 15 is 0 Å². The molecule has 1 aliphatic heterocycles. The van der Waals surface area contributed by atoms with Crippen molar-refractivity contribution in [1.29, 1.82) is 0 Å². The van der Waals surface area contributed by atoms with E-state index in [4.69, 9.17) is 4.98 Å². The molecule has 0 unspecified atom stereocenters. The lowest BCUT2D eigenvalue weighted by Crippen LogP contribution is -2.33. The third-order valence-electron chi connectivity index (χ3n) is 3.84. The third kappa shape index (κ3) is 3.09. The Balaban J connectivity index is 1.81. The van der Waals surface area contributed by atoms with E-state index < -0.39 is 0 Å². The van der Waals surface area contributed by atoms with Crippen LogP contribution in [0.15, 0.2) is 47.5 Å². The average molecular weight is 340 g/mol. The molecule has 4 heterocycles. The average Bonchev–Trinajstić information content (AvgIpc) is 3.17. The van der Waals surface area contributed by atoms with Gasteiger partial charge < -0.3 is 4.90 Å². The molecule has 1 aliphatic rings. The fourth-order valence-corrected chi connectivity index (χ4v) is 4.20. The van der Waals surface area contributed by atoms with Crippen molar-refractivity contribution < 1.29 is 0 Å². The molecule has 0 aliphatic carbocycles. The summed E-state index contributed by atoms with van der Waals surface area (Å²) in [5, 5.41) is 4.22. The Kier molecular flexibility index (Phi) is 4.26. The van der Waals surface area contributed by atoms with Gasteiger partial charge in [0.05, 0.1) is 5.69 Å². The number of anilines is 1. The second-order valence-corrected chi connectivity index (χ2v) is 7.29. The molecule has 3 aromatic heterocycles. The Labute approximate surface area is 143 Å². The molecule has 0 bridgehead atoms. The van der Waals surface area contributed by atoms with Crippen molar-refractivity contribution in [2.45, 2.75) is 0 Å². The molecule has 0 amide bonds. The van der Waals surface area contributed by atoms with Crippen LogP contribution in [0, 0.1) is 0 Å². The highest BCUT2D eigenvalue weighted by Crippen LogP contribution is 2.32. The van der Waals surface area contributed by atoms with E-state index in [2.05, 4.69) is 37.8 Å². The number of pyridine rings is 1. The molecule has 4 rings (SSSR count). The maximum Gasteiger partial charge on any atom is 0.225 e. The van der Waals surface area contributed by atoms with Crippen LogP contribution >= 0.6 is 23.1 Å². The first-order valence-electron chi connectivity index (χ1n) is 7.54. The number of thioether (sulfide) groups is 1. The first kappa shape index (κ1) is 14.7. The van der Waals surface area contributed by atoms with Gasteiger partial charge in [-0.15, -0.1) is 0 Å². The first-order valence-corrected chi connectivity index (χ1v) is 9.64. The van der Waals surface area contributed by atoms with E-state index in [1.807, 2.05) is 30.2 Å². The molecule has 0 saturated carbocycles. The van der Waals surface area contributed by atoms with E-state index in [1.165, 1.54) is 0 Å². The standard InChI is InChI=1S/C17H16N4S2/c1-2-13(10-18-4-1)16-15(14-3-7-23-12-14)11-19-17(20-16)21-5-8-22-9-6-21/h1-4,7,10-12H,5-6,8-9H2. The van der Waals surface area contributed by atoms with E-state index in [-0.39, 0.29) is 0 Å². The van der Waals surface area contributed by atoms with Gasteiger partial charge in [0.15, 0.2) is 0 Å². The number of rotatable bonds is 3. The summed E-state index contributed by atoms with van der Waals surface area (Å²) in [6.07, 6.45) is 5.61. The van der Waals surface area contributed by atoms with Crippen LogP contribution in [0.4, 0.5) is 5.95 Å². The van der Waals surface area contributed by atoms with Gasteiger partial charge in [-0.05, 0) is 34.5 Å². The summed E-state index contributed by atoms with van der Waals surface area (Å²) in [7, 11) is 0. The number of thiophene rings is 1. The maximum atomic E-state index is 4.89. The third-order valence-corrected chi connectivity index (χ3v) is 5.46. The molecule has 23 heavy (non-hydrogen) atoms. The largest absolute Gasteiger partial charge is 0.339 e. The molecule has 1 saturated heterocycles. The molecule has 0 radical (unpaired) electrons. The molecule has 0 N–H and O–H groups in total. The highest BCUT2D eigenvalue weighted by Gasteiger charge is 2.17. The molecule has 0 atom stereocenters. The lowest BCUT2D eigenvalue weighted by atomic mass is 10.0. The monoisotopic (exact) mass is 340 g/mol. The van der Waals surface area contributed by atoms with E-state index in [0.717, 1.165) is 52.9 Å². The normalized spacial score (nSPS) is 14.9. The molecule has 6 heteroatoms. The summed E-state index contributed by atoms with van der Waals surface area (Å²) in [5.74, 6) is 3.10. The quantitative estimate of drug-likeness (QED) is 0.725. The summed E-state index contributed by atoms with van der Waals surface area (Å²) >= 11 is 3.68. The number of nitrogens with zero attached hydrogens (tertiary/aromatic N) is 4. The first-order chi connectivity index (χ1) is 11.4. The van der Waals surface area contributed by atoms with Crippen LogP contribution < -0.4 is 4.90 Å².